The lowest BCUT2D eigenvalue weighted by Gasteiger charge is -1.95. The van der Waals surface area contributed by atoms with Crippen molar-refractivity contribution in [3.63, 3.8) is 0 Å². The summed E-state index contributed by atoms with van der Waals surface area (Å²) >= 11 is 4.54. The van der Waals surface area contributed by atoms with E-state index in [2.05, 4.69) is 17.5 Å². The number of carbonyl (C=O) groups is 1. The Hall–Kier alpha value is -0.640. The van der Waals surface area contributed by atoms with E-state index < -0.39 is 5.97 Å². The Balaban J connectivity index is 3.18. The lowest BCUT2D eigenvalue weighted by molar-refractivity contribution is -0.135. The minimum atomic E-state index is -0.894. The standard InChI is InChI=1S/C4H7NO2S/c1-3(8)5-2-4(6)7/h2H2,1H3,(H,5,8)(H,6,7). The fourth-order valence-electron chi connectivity index (χ4n) is 0.200. The maximum absolute atomic E-state index is 9.78. The highest BCUT2D eigenvalue weighted by Gasteiger charge is 1.92. The van der Waals surface area contributed by atoms with E-state index in [0.29, 0.717) is 4.99 Å². The van der Waals surface area contributed by atoms with E-state index in [1.807, 2.05) is 0 Å². The van der Waals surface area contributed by atoms with Gasteiger partial charge in [-0.05, 0) is 6.92 Å². The number of thiocarbonyl (C=S) groups is 1. The zero-order chi connectivity index (χ0) is 6.57. The first-order valence-corrected chi connectivity index (χ1v) is 2.50. The Bertz CT molecular complexity index is 98.6. The zero-order valence-electron chi connectivity index (χ0n) is 4.47. The van der Waals surface area contributed by atoms with Crippen LogP contribution in [0.5, 0.6) is 0 Å². The Morgan fingerprint density at radius 1 is 1.88 bits per heavy atom. The first-order chi connectivity index (χ1) is 3.63. The van der Waals surface area contributed by atoms with Gasteiger partial charge >= 0.3 is 5.97 Å². The average Bonchev–Trinajstić information content (AvgIpc) is 1.61. The minimum Gasteiger partial charge on any atom is -0.480 e. The maximum atomic E-state index is 9.78. The van der Waals surface area contributed by atoms with Crippen LogP contribution in [0.2, 0.25) is 0 Å². The third-order valence-corrected chi connectivity index (χ3v) is 0.633. The van der Waals surface area contributed by atoms with Gasteiger partial charge in [-0.3, -0.25) is 4.79 Å². The molecule has 0 aliphatic carbocycles. The Kier molecular flexibility index (Phi) is 3.10. The molecule has 0 aromatic rings. The van der Waals surface area contributed by atoms with E-state index in [1.54, 1.807) is 6.92 Å². The van der Waals surface area contributed by atoms with Crippen molar-refractivity contribution in [3.8, 4) is 0 Å². The van der Waals surface area contributed by atoms with Gasteiger partial charge in [-0.15, -0.1) is 0 Å². The van der Waals surface area contributed by atoms with Crippen LogP contribution in [-0.4, -0.2) is 22.6 Å². The van der Waals surface area contributed by atoms with Gasteiger partial charge in [0.15, 0.2) is 0 Å². The number of rotatable bonds is 2. The van der Waals surface area contributed by atoms with Crippen molar-refractivity contribution < 1.29 is 9.90 Å². The van der Waals surface area contributed by atoms with Gasteiger partial charge in [-0.25, -0.2) is 0 Å². The smallest absolute Gasteiger partial charge is 0.322 e. The molecule has 0 fully saturated rings. The van der Waals surface area contributed by atoms with Gasteiger partial charge < -0.3 is 10.4 Å². The zero-order valence-corrected chi connectivity index (χ0v) is 5.29. The second kappa shape index (κ2) is 3.37. The number of hydrogen-bond acceptors (Lipinski definition) is 2. The third kappa shape index (κ3) is 5.36. The van der Waals surface area contributed by atoms with Crippen molar-refractivity contribution in [1.82, 2.24) is 5.32 Å². The summed E-state index contributed by atoms with van der Waals surface area (Å²) in [5, 5.41) is 10.5. The quantitative estimate of drug-likeness (QED) is 0.521. The molecule has 0 atom stereocenters. The summed E-state index contributed by atoms with van der Waals surface area (Å²) in [6.07, 6.45) is 0. The van der Waals surface area contributed by atoms with E-state index >= 15 is 0 Å². The summed E-state index contributed by atoms with van der Waals surface area (Å²) in [7, 11) is 0. The highest BCUT2D eigenvalue weighted by molar-refractivity contribution is 7.80. The number of carboxylic acids is 1. The van der Waals surface area contributed by atoms with Crippen LogP contribution in [0, 0.1) is 0 Å². The number of hydrogen-bond donors (Lipinski definition) is 2. The molecule has 0 aromatic heterocycles. The van der Waals surface area contributed by atoms with Crippen molar-refractivity contribution in [2.45, 2.75) is 6.92 Å². The molecule has 46 valence electrons. The fourth-order valence-corrected chi connectivity index (χ4v) is 0.272. The van der Waals surface area contributed by atoms with Crippen molar-refractivity contribution in [2.75, 3.05) is 6.54 Å². The molecular weight excluding hydrogens is 126 g/mol. The molecule has 0 bridgehead atoms. The molecule has 0 aromatic carbocycles. The Morgan fingerprint density at radius 3 is 2.50 bits per heavy atom. The van der Waals surface area contributed by atoms with Gasteiger partial charge in [-0.2, -0.15) is 0 Å². The summed E-state index contributed by atoms with van der Waals surface area (Å²) < 4.78 is 0. The molecule has 0 radical (unpaired) electrons. The van der Waals surface area contributed by atoms with E-state index in [-0.39, 0.29) is 6.54 Å². The second-order valence-corrected chi connectivity index (χ2v) is 1.92. The minimum absolute atomic E-state index is 0.0880. The maximum Gasteiger partial charge on any atom is 0.322 e. The molecule has 0 aliphatic rings. The number of nitrogens with one attached hydrogen (secondary N) is 1. The topological polar surface area (TPSA) is 49.3 Å². The molecule has 4 heteroatoms. The fraction of sp³-hybridized carbons (Fsp3) is 0.500. The van der Waals surface area contributed by atoms with Crippen LogP contribution in [0.3, 0.4) is 0 Å². The van der Waals surface area contributed by atoms with Gasteiger partial charge in [0.1, 0.15) is 6.54 Å². The third-order valence-electron chi connectivity index (χ3n) is 0.489. The van der Waals surface area contributed by atoms with Crippen LogP contribution < -0.4 is 5.32 Å². The van der Waals surface area contributed by atoms with Crippen LogP contribution in [0.1, 0.15) is 6.92 Å². The van der Waals surface area contributed by atoms with Crippen LogP contribution in [0.15, 0.2) is 0 Å². The van der Waals surface area contributed by atoms with Crippen molar-refractivity contribution >= 4 is 23.2 Å². The SMILES string of the molecule is CC(=S)NCC(=O)O. The number of aliphatic carboxylic acids is 1. The van der Waals surface area contributed by atoms with E-state index in [1.165, 1.54) is 0 Å². The van der Waals surface area contributed by atoms with Gasteiger partial charge in [0.25, 0.3) is 0 Å². The summed E-state index contributed by atoms with van der Waals surface area (Å²) in [6.45, 7) is 1.55. The second-order valence-electron chi connectivity index (χ2n) is 1.30. The number of carboxylic acid groups (broad SMARTS) is 1. The molecule has 0 saturated carbocycles. The van der Waals surface area contributed by atoms with Gasteiger partial charge in [0.05, 0.1) is 4.99 Å². The normalized spacial score (nSPS) is 8.12. The first kappa shape index (κ1) is 7.36. The first-order valence-electron chi connectivity index (χ1n) is 2.09. The molecule has 8 heavy (non-hydrogen) atoms. The van der Waals surface area contributed by atoms with Crippen LogP contribution >= 0.6 is 12.2 Å². The summed E-state index contributed by atoms with van der Waals surface area (Å²) in [5.74, 6) is -0.894. The molecule has 0 unspecified atom stereocenters. The predicted octanol–water partition coefficient (Wildman–Crippen LogP) is 0.00790. The molecule has 0 rings (SSSR count). The average molecular weight is 133 g/mol. The van der Waals surface area contributed by atoms with E-state index in [9.17, 15) is 4.79 Å². The lowest BCUT2D eigenvalue weighted by Crippen LogP contribution is -2.25. The molecule has 0 saturated heterocycles. The molecule has 2 N–H and O–H groups in total. The van der Waals surface area contributed by atoms with Gasteiger partial charge in [0.2, 0.25) is 0 Å². The van der Waals surface area contributed by atoms with Crippen molar-refractivity contribution in [1.29, 1.82) is 0 Å². The van der Waals surface area contributed by atoms with E-state index in [4.69, 9.17) is 5.11 Å². The molecule has 3 nitrogen and oxygen atoms in total. The summed E-state index contributed by atoms with van der Waals surface area (Å²) in [4.78, 5) is 10.3. The monoisotopic (exact) mass is 133 g/mol. The Morgan fingerprint density at radius 2 is 2.38 bits per heavy atom. The van der Waals surface area contributed by atoms with Crippen LogP contribution in [-0.2, 0) is 4.79 Å². The van der Waals surface area contributed by atoms with Crippen molar-refractivity contribution in [3.05, 3.63) is 0 Å². The largest absolute Gasteiger partial charge is 0.480 e. The Labute approximate surface area is 52.7 Å². The molecular formula is C4H7NO2S. The predicted molar refractivity (Wildman–Crippen MR) is 33.9 cm³/mol. The molecule has 0 amide bonds. The molecule has 0 heterocycles. The van der Waals surface area contributed by atoms with Crippen LogP contribution in [0.4, 0.5) is 0 Å². The highest BCUT2D eigenvalue weighted by Crippen LogP contribution is 1.65. The van der Waals surface area contributed by atoms with E-state index in [0.717, 1.165) is 0 Å². The highest BCUT2D eigenvalue weighted by atomic mass is 32.1. The molecule has 0 spiro atoms. The van der Waals surface area contributed by atoms with Crippen molar-refractivity contribution in [2.24, 2.45) is 0 Å². The lowest BCUT2D eigenvalue weighted by atomic mass is 10.6. The van der Waals surface area contributed by atoms with Gasteiger partial charge in [0, 0.05) is 0 Å². The van der Waals surface area contributed by atoms with Crippen LogP contribution in [0.25, 0.3) is 0 Å². The molecule has 0 aliphatic heterocycles. The summed E-state index contributed by atoms with van der Waals surface area (Å²) in [6, 6.07) is 0. The van der Waals surface area contributed by atoms with Gasteiger partial charge in [-0.1, -0.05) is 12.2 Å². The summed E-state index contributed by atoms with van der Waals surface area (Å²) in [5.41, 5.74) is 0.